The molecule has 0 unspecified atom stereocenters. The molecule has 2 N–H and O–H groups in total. The van der Waals surface area contributed by atoms with Crippen LogP contribution >= 0.6 is 0 Å². The van der Waals surface area contributed by atoms with Gasteiger partial charge < -0.3 is 14.8 Å². The number of nitrogens with zero attached hydrogens (tertiary/aromatic N) is 2. The van der Waals surface area contributed by atoms with Gasteiger partial charge in [-0.1, -0.05) is 25.0 Å². The highest BCUT2D eigenvalue weighted by Crippen LogP contribution is 2.37. The zero-order valence-electron chi connectivity index (χ0n) is 14.1. The minimum atomic E-state index is -0.989. The Hall–Kier alpha value is -3.15. The Labute approximate surface area is 149 Å². The number of carbonyl (C=O) groups is 2. The molecule has 4 rings (SSSR count). The number of benzene rings is 2. The second kappa shape index (κ2) is 6.29. The minimum absolute atomic E-state index is 0.194. The molecule has 0 aliphatic heterocycles. The van der Waals surface area contributed by atoms with Gasteiger partial charge in [0.15, 0.2) is 0 Å². The van der Waals surface area contributed by atoms with E-state index >= 15 is 0 Å². The van der Waals surface area contributed by atoms with Gasteiger partial charge in [0.05, 0.1) is 22.2 Å². The topological polar surface area (TPSA) is 92.4 Å². The van der Waals surface area contributed by atoms with Crippen molar-refractivity contribution in [3.8, 4) is 11.4 Å². The van der Waals surface area contributed by atoms with Crippen LogP contribution in [0.1, 0.15) is 52.4 Å². The van der Waals surface area contributed by atoms with Gasteiger partial charge in [0.1, 0.15) is 5.82 Å². The van der Waals surface area contributed by atoms with E-state index in [4.69, 9.17) is 0 Å². The highest BCUT2D eigenvalue weighted by atomic mass is 16.4. The molecule has 6 heteroatoms. The maximum atomic E-state index is 11.3. The largest absolute Gasteiger partial charge is 0.478 e. The van der Waals surface area contributed by atoms with Crippen LogP contribution in [0.15, 0.2) is 42.5 Å². The fourth-order valence-electron chi connectivity index (χ4n) is 3.76. The quantitative estimate of drug-likeness (QED) is 0.735. The summed E-state index contributed by atoms with van der Waals surface area (Å²) in [4.78, 5) is 27.3. The third-order valence-electron chi connectivity index (χ3n) is 4.99. The standard InChI is InChI=1S/C20H18N2O4/c23-19(24)13-5-3-4-12(10-13)18-21-16-11-14(20(25)26)8-9-17(16)22(18)15-6-1-2-7-15/h3-5,8-11,15H,1-2,6-7H2,(H,23,24)(H,25,26). The first-order valence-electron chi connectivity index (χ1n) is 8.63. The lowest BCUT2D eigenvalue weighted by Gasteiger charge is -2.16. The van der Waals surface area contributed by atoms with Crippen molar-refractivity contribution in [3.63, 3.8) is 0 Å². The van der Waals surface area contributed by atoms with Crippen molar-refractivity contribution < 1.29 is 19.8 Å². The first-order chi connectivity index (χ1) is 12.5. The monoisotopic (exact) mass is 350 g/mol. The summed E-state index contributed by atoms with van der Waals surface area (Å²) in [7, 11) is 0. The van der Waals surface area contributed by atoms with Crippen LogP contribution in [0.5, 0.6) is 0 Å². The Morgan fingerprint density at radius 1 is 0.962 bits per heavy atom. The van der Waals surface area contributed by atoms with Crippen LogP contribution in [-0.2, 0) is 0 Å². The summed E-state index contributed by atoms with van der Waals surface area (Å²) in [5, 5.41) is 18.5. The highest BCUT2D eigenvalue weighted by Gasteiger charge is 2.24. The summed E-state index contributed by atoms with van der Waals surface area (Å²) in [6, 6.07) is 12.0. The third-order valence-corrected chi connectivity index (χ3v) is 4.99. The summed E-state index contributed by atoms with van der Waals surface area (Å²) in [6.07, 6.45) is 4.37. The summed E-state index contributed by atoms with van der Waals surface area (Å²) in [5.74, 6) is -1.28. The van der Waals surface area contributed by atoms with Gasteiger partial charge in [-0.05, 0) is 43.2 Å². The number of hydrogen-bond donors (Lipinski definition) is 2. The summed E-state index contributed by atoms with van der Waals surface area (Å²) >= 11 is 0. The molecule has 1 aromatic heterocycles. The van der Waals surface area contributed by atoms with Gasteiger partial charge in [-0.25, -0.2) is 14.6 Å². The highest BCUT2D eigenvalue weighted by molar-refractivity contribution is 5.94. The summed E-state index contributed by atoms with van der Waals surface area (Å²) in [5.41, 5.74) is 2.63. The fraction of sp³-hybridized carbons (Fsp3) is 0.250. The fourth-order valence-corrected chi connectivity index (χ4v) is 3.76. The van der Waals surface area contributed by atoms with E-state index in [0.717, 1.165) is 36.8 Å². The molecule has 1 aliphatic carbocycles. The van der Waals surface area contributed by atoms with Gasteiger partial charge in [-0.2, -0.15) is 0 Å². The van der Waals surface area contributed by atoms with Crippen molar-refractivity contribution in [2.45, 2.75) is 31.7 Å². The number of hydrogen-bond acceptors (Lipinski definition) is 3. The van der Waals surface area contributed by atoms with Crippen molar-refractivity contribution in [3.05, 3.63) is 53.6 Å². The lowest BCUT2D eigenvalue weighted by molar-refractivity contribution is 0.0686. The molecule has 1 aliphatic rings. The maximum Gasteiger partial charge on any atom is 0.335 e. The average molecular weight is 350 g/mol. The van der Waals surface area contributed by atoms with E-state index in [0.29, 0.717) is 17.4 Å². The van der Waals surface area contributed by atoms with E-state index in [1.165, 1.54) is 0 Å². The molecule has 1 fully saturated rings. The van der Waals surface area contributed by atoms with Gasteiger partial charge in [0.25, 0.3) is 0 Å². The van der Waals surface area contributed by atoms with Crippen LogP contribution in [0.25, 0.3) is 22.4 Å². The number of aromatic nitrogens is 2. The van der Waals surface area contributed by atoms with Gasteiger partial charge in [-0.3, -0.25) is 0 Å². The first kappa shape index (κ1) is 16.3. The number of rotatable bonds is 4. The van der Waals surface area contributed by atoms with Crippen LogP contribution < -0.4 is 0 Å². The van der Waals surface area contributed by atoms with Crippen molar-refractivity contribution >= 4 is 23.0 Å². The molecule has 0 saturated heterocycles. The molecule has 0 bridgehead atoms. The lowest BCUT2D eigenvalue weighted by Crippen LogP contribution is -2.07. The molecule has 6 nitrogen and oxygen atoms in total. The zero-order valence-corrected chi connectivity index (χ0v) is 14.1. The van der Waals surface area contributed by atoms with E-state index in [9.17, 15) is 19.8 Å². The third kappa shape index (κ3) is 2.73. The average Bonchev–Trinajstić information content (AvgIpc) is 3.28. The van der Waals surface area contributed by atoms with E-state index in [1.807, 2.05) is 6.07 Å². The van der Waals surface area contributed by atoms with Gasteiger partial charge in [0, 0.05) is 11.6 Å². The molecule has 1 saturated carbocycles. The smallest absolute Gasteiger partial charge is 0.335 e. The van der Waals surface area contributed by atoms with Crippen molar-refractivity contribution in [2.24, 2.45) is 0 Å². The molecular formula is C20H18N2O4. The molecule has 0 radical (unpaired) electrons. The van der Waals surface area contributed by atoms with Gasteiger partial charge >= 0.3 is 11.9 Å². The Morgan fingerprint density at radius 2 is 1.65 bits per heavy atom. The number of carboxylic acid groups (broad SMARTS) is 2. The second-order valence-corrected chi connectivity index (χ2v) is 6.64. The van der Waals surface area contributed by atoms with E-state index < -0.39 is 11.9 Å². The molecule has 0 atom stereocenters. The summed E-state index contributed by atoms with van der Waals surface area (Å²) < 4.78 is 2.15. The van der Waals surface area contributed by atoms with E-state index in [1.54, 1.807) is 36.4 Å². The summed E-state index contributed by atoms with van der Waals surface area (Å²) in [6.45, 7) is 0. The van der Waals surface area contributed by atoms with E-state index in [2.05, 4.69) is 9.55 Å². The predicted molar refractivity (Wildman–Crippen MR) is 96.6 cm³/mol. The molecular weight excluding hydrogens is 332 g/mol. The predicted octanol–water partition coefficient (Wildman–Crippen LogP) is 4.21. The Bertz CT molecular complexity index is 1020. The van der Waals surface area contributed by atoms with E-state index in [-0.39, 0.29) is 11.1 Å². The van der Waals surface area contributed by atoms with Crippen molar-refractivity contribution in [1.82, 2.24) is 9.55 Å². The lowest BCUT2D eigenvalue weighted by atomic mass is 10.1. The number of aromatic carboxylic acids is 2. The second-order valence-electron chi connectivity index (χ2n) is 6.64. The van der Waals surface area contributed by atoms with Crippen LogP contribution in [0.3, 0.4) is 0 Å². The molecule has 26 heavy (non-hydrogen) atoms. The van der Waals surface area contributed by atoms with Crippen molar-refractivity contribution in [2.75, 3.05) is 0 Å². The van der Waals surface area contributed by atoms with Crippen molar-refractivity contribution in [1.29, 1.82) is 0 Å². The maximum absolute atomic E-state index is 11.3. The minimum Gasteiger partial charge on any atom is -0.478 e. The van der Waals surface area contributed by atoms with Crippen LogP contribution in [0, 0.1) is 0 Å². The molecule has 132 valence electrons. The normalized spacial score (nSPS) is 14.8. The number of imidazole rings is 1. The SMILES string of the molecule is O=C(O)c1cccc(-c2nc3cc(C(=O)O)ccc3n2C2CCCC2)c1. The van der Waals surface area contributed by atoms with Crippen LogP contribution in [-0.4, -0.2) is 31.7 Å². The molecule has 3 aromatic rings. The Balaban J connectivity index is 1.94. The molecule has 1 heterocycles. The first-order valence-corrected chi connectivity index (χ1v) is 8.63. The Morgan fingerprint density at radius 3 is 2.35 bits per heavy atom. The molecule has 0 spiro atoms. The zero-order chi connectivity index (χ0) is 18.3. The van der Waals surface area contributed by atoms with Crippen LogP contribution in [0.2, 0.25) is 0 Å². The number of carboxylic acids is 2. The van der Waals surface area contributed by atoms with Gasteiger partial charge in [-0.15, -0.1) is 0 Å². The Kier molecular flexibility index (Phi) is 3.95. The van der Waals surface area contributed by atoms with Gasteiger partial charge in [0.2, 0.25) is 0 Å². The molecule has 0 amide bonds. The molecule has 2 aromatic carbocycles. The van der Waals surface area contributed by atoms with Crippen LogP contribution in [0.4, 0.5) is 0 Å². The number of fused-ring (bicyclic) bond motifs is 1.